The molecule has 0 saturated carbocycles. The van der Waals surface area contributed by atoms with Gasteiger partial charge in [0.1, 0.15) is 12.0 Å². The van der Waals surface area contributed by atoms with Crippen molar-refractivity contribution in [1.29, 1.82) is 0 Å². The topological polar surface area (TPSA) is 43.4 Å². The van der Waals surface area contributed by atoms with Crippen LogP contribution in [0, 0.1) is 0 Å². The van der Waals surface area contributed by atoms with Crippen LogP contribution in [0.25, 0.3) is 6.08 Å². The molecule has 0 fully saturated rings. The maximum absolute atomic E-state index is 11.6. The van der Waals surface area contributed by atoms with Crippen molar-refractivity contribution < 1.29 is 14.3 Å². The van der Waals surface area contributed by atoms with Crippen molar-refractivity contribution in [3.05, 3.63) is 70.8 Å². The highest BCUT2D eigenvalue weighted by Crippen LogP contribution is 2.16. The fourth-order valence-corrected chi connectivity index (χ4v) is 1.73. The van der Waals surface area contributed by atoms with Crippen LogP contribution in [-0.2, 0) is 4.79 Å². The van der Waals surface area contributed by atoms with Gasteiger partial charge in [-0.3, -0.25) is 4.79 Å². The minimum atomic E-state index is -0.510. The largest absolute Gasteiger partial charge is 0.423 e. The zero-order valence-electron chi connectivity index (χ0n) is 10.5. The molecule has 0 radical (unpaired) electrons. The first-order valence-electron chi connectivity index (χ1n) is 5.89. The van der Waals surface area contributed by atoms with E-state index in [0.717, 1.165) is 11.8 Å². The highest BCUT2D eigenvalue weighted by molar-refractivity contribution is 6.32. The maximum atomic E-state index is 11.6. The third-order valence-electron chi connectivity index (χ3n) is 2.54. The number of carbonyl (C=O) groups excluding carboxylic acids is 2. The monoisotopic (exact) mass is 286 g/mol. The summed E-state index contributed by atoms with van der Waals surface area (Å²) in [4.78, 5) is 22.1. The normalized spacial score (nSPS) is 10.4. The quantitative estimate of drug-likeness (QED) is 0.372. The van der Waals surface area contributed by atoms with Crippen LogP contribution in [0.1, 0.15) is 15.9 Å². The summed E-state index contributed by atoms with van der Waals surface area (Å²) in [6.45, 7) is 0. The second-order valence-corrected chi connectivity index (χ2v) is 4.37. The maximum Gasteiger partial charge on any atom is 0.336 e. The molecule has 0 aliphatic rings. The van der Waals surface area contributed by atoms with E-state index in [9.17, 15) is 9.59 Å². The Labute approximate surface area is 121 Å². The van der Waals surface area contributed by atoms with Crippen LogP contribution in [-0.4, -0.2) is 12.3 Å². The molecule has 0 saturated heterocycles. The highest BCUT2D eigenvalue weighted by atomic mass is 35.5. The van der Waals surface area contributed by atoms with Gasteiger partial charge in [0, 0.05) is 16.7 Å². The van der Waals surface area contributed by atoms with Gasteiger partial charge in [0.15, 0.2) is 0 Å². The molecule has 3 nitrogen and oxygen atoms in total. The predicted molar refractivity (Wildman–Crippen MR) is 78.0 cm³/mol. The lowest BCUT2D eigenvalue weighted by molar-refractivity contribution is -0.128. The molecule has 0 aromatic heterocycles. The van der Waals surface area contributed by atoms with Crippen LogP contribution < -0.4 is 4.74 Å². The molecule has 2 aromatic carbocycles. The summed E-state index contributed by atoms with van der Waals surface area (Å²) in [5.41, 5.74) is 1.26. The molecular weight excluding hydrogens is 276 g/mol. The Balaban J connectivity index is 2.01. The molecular formula is C16H11ClO3. The Morgan fingerprint density at radius 1 is 1.05 bits per heavy atom. The second kappa shape index (κ2) is 6.68. The van der Waals surface area contributed by atoms with Gasteiger partial charge in [0.25, 0.3) is 0 Å². The molecule has 0 heterocycles. The fourth-order valence-electron chi connectivity index (χ4n) is 1.53. The van der Waals surface area contributed by atoms with Crippen LogP contribution in [0.5, 0.6) is 5.75 Å². The summed E-state index contributed by atoms with van der Waals surface area (Å²) in [6, 6.07) is 13.5. The zero-order chi connectivity index (χ0) is 14.4. The van der Waals surface area contributed by atoms with Crippen LogP contribution in [0.4, 0.5) is 0 Å². The zero-order valence-corrected chi connectivity index (χ0v) is 11.2. The average molecular weight is 287 g/mol. The van der Waals surface area contributed by atoms with E-state index in [1.54, 1.807) is 42.5 Å². The van der Waals surface area contributed by atoms with Gasteiger partial charge >= 0.3 is 5.97 Å². The van der Waals surface area contributed by atoms with E-state index in [1.807, 2.05) is 12.1 Å². The number of hydrogen-bond donors (Lipinski definition) is 0. The van der Waals surface area contributed by atoms with E-state index >= 15 is 0 Å². The molecule has 0 spiro atoms. The van der Waals surface area contributed by atoms with E-state index in [2.05, 4.69) is 0 Å². The van der Waals surface area contributed by atoms with Crippen molar-refractivity contribution in [2.75, 3.05) is 0 Å². The Kier molecular flexibility index (Phi) is 4.69. The van der Waals surface area contributed by atoms with Crippen molar-refractivity contribution in [2.24, 2.45) is 0 Å². The smallest absolute Gasteiger partial charge is 0.336 e. The molecule has 0 unspecified atom stereocenters. The Hall–Kier alpha value is -2.39. The summed E-state index contributed by atoms with van der Waals surface area (Å²) in [5.74, 6) is -0.131. The molecule has 0 amide bonds. The van der Waals surface area contributed by atoms with E-state index in [-0.39, 0.29) is 0 Å². The first-order valence-corrected chi connectivity index (χ1v) is 6.26. The van der Waals surface area contributed by atoms with Crippen molar-refractivity contribution in [3.63, 3.8) is 0 Å². The second-order valence-electron chi connectivity index (χ2n) is 3.96. The number of benzene rings is 2. The molecule has 0 atom stereocenters. The lowest BCUT2D eigenvalue weighted by Gasteiger charge is -2.01. The summed E-state index contributed by atoms with van der Waals surface area (Å²) in [6.07, 6.45) is 3.61. The lowest BCUT2D eigenvalue weighted by Crippen LogP contribution is -2.03. The minimum absolute atomic E-state index is 0.379. The minimum Gasteiger partial charge on any atom is -0.423 e. The van der Waals surface area contributed by atoms with Crippen LogP contribution in [0.15, 0.2) is 54.6 Å². The van der Waals surface area contributed by atoms with Crippen molar-refractivity contribution in [1.82, 2.24) is 0 Å². The number of hydrogen-bond acceptors (Lipinski definition) is 3. The average Bonchev–Trinajstić information content (AvgIpc) is 2.47. The number of esters is 1. The number of rotatable bonds is 4. The van der Waals surface area contributed by atoms with Gasteiger partial charge in [0.2, 0.25) is 0 Å². The summed E-state index contributed by atoms with van der Waals surface area (Å²) >= 11 is 5.96. The molecule has 0 N–H and O–H groups in total. The van der Waals surface area contributed by atoms with Crippen molar-refractivity contribution in [2.45, 2.75) is 0 Å². The molecule has 100 valence electrons. The first-order chi connectivity index (χ1) is 9.69. The molecule has 2 rings (SSSR count). The van der Waals surface area contributed by atoms with Gasteiger partial charge in [-0.25, -0.2) is 4.79 Å². The third kappa shape index (κ3) is 3.80. The van der Waals surface area contributed by atoms with Crippen LogP contribution in [0.2, 0.25) is 5.02 Å². The molecule has 0 bridgehead atoms. The van der Waals surface area contributed by atoms with Gasteiger partial charge in [-0.1, -0.05) is 29.8 Å². The van der Waals surface area contributed by atoms with Crippen molar-refractivity contribution >= 4 is 29.9 Å². The number of aldehydes is 1. The summed E-state index contributed by atoms with van der Waals surface area (Å²) < 4.78 is 5.09. The van der Waals surface area contributed by atoms with Gasteiger partial charge in [-0.2, -0.15) is 0 Å². The van der Waals surface area contributed by atoms with Crippen LogP contribution >= 0.6 is 11.6 Å². The van der Waals surface area contributed by atoms with Crippen molar-refractivity contribution in [3.8, 4) is 5.75 Å². The Morgan fingerprint density at radius 2 is 1.75 bits per heavy atom. The Morgan fingerprint density at radius 3 is 2.40 bits per heavy atom. The van der Waals surface area contributed by atoms with Gasteiger partial charge < -0.3 is 4.74 Å². The molecule has 2 aromatic rings. The standard InChI is InChI=1S/C16H11ClO3/c17-15-4-2-1-3-13(15)7-10-16(19)20-14-8-5-12(11-18)6-9-14/h1-11H. The summed E-state index contributed by atoms with van der Waals surface area (Å²) in [7, 11) is 0. The van der Waals surface area contributed by atoms with Gasteiger partial charge in [-0.05, 0) is 42.0 Å². The predicted octanol–water partition coefficient (Wildman–Crippen LogP) is 3.77. The molecule has 20 heavy (non-hydrogen) atoms. The van der Waals surface area contributed by atoms with Gasteiger partial charge in [0.05, 0.1) is 0 Å². The number of ether oxygens (including phenoxy) is 1. The van der Waals surface area contributed by atoms with E-state index in [4.69, 9.17) is 16.3 Å². The van der Waals surface area contributed by atoms with Crippen LogP contribution in [0.3, 0.4) is 0 Å². The summed E-state index contributed by atoms with van der Waals surface area (Å²) in [5, 5.41) is 0.562. The lowest BCUT2D eigenvalue weighted by atomic mass is 10.2. The molecule has 4 heteroatoms. The molecule has 0 aliphatic heterocycles. The van der Waals surface area contributed by atoms with E-state index in [0.29, 0.717) is 16.3 Å². The first kappa shape index (κ1) is 14.0. The molecule has 0 aliphatic carbocycles. The number of carbonyl (C=O) groups is 2. The number of halogens is 1. The van der Waals surface area contributed by atoms with Gasteiger partial charge in [-0.15, -0.1) is 0 Å². The fraction of sp³-hybridized carbons (Fsp3) is 0. The highest BCUT2D eigenvalue weighted by Gasteiger charge is 2.01. The van der Waals surface area contributed by atoms with E-state index in [1.165, 1.54) is 6.08 Å². The van der Waals surface area contributed by atoms with E-state index < -0.39 is 5.97 Å². The Bertz CT molecular complexity index is 645. The SMILES string of the molecule is O=Cc1ccc(OC(=O)C=Cc2ccccc2Cl)cc1. The third-order valence-corrected chi connectivity index (χ3v) is 2.88.